The highest BCUT2D eigenvalue weighted by molar-refractivity contribution is 7.16. The normalized spacial score (nSPS) is 12.8. The Balaban J connectivity index is 1.33. The van der Waals surface area contributed by atoms with Crippen LogP contribution < -0.4 is 10.1 Å². The monoisotopic (exact) mass is 566 g/mol. The lowest BCUT2D eigenvalue weighted by Crippen LogP contribution is -2.13. The molecule has 1 N–H and O–H groups in total. The molecule has 5 rings (SSSR count). The summed E-state index contributed by atoms with van der Waals surface area (Å²) in [6.45, 7) is 4.38. The highest BCUT2D eigenvalue weighted by atomic mass is 35.5. The molecule has 4 aromatic rings. The highest BCUT2D eigenvalue weighted by Crippen LogP contribution is 2.38. The molecule has 40 heavy (non-hydrogen) atoms. The Morgan fingerprint density at radius 3 is 2.52 bits per heavy atom. The highest BCUT2D eigenvalue weighted by Gasteiger charge is 2.23. The maximum atomic E-state index is 13.1. The van der Waals surface area contributed by atoms with E-state index in [1.54, 1.807) is 6.08 Å². The SMILES string of the molecule is Cc1cc(/C=C(\C#N)C(=O)Nc2sc3c(c2C#N)CCCC3)c(C)n1-c1ccc(OCc2ccc(Cl)cc2)cc1. The number of thiophene rings is 1. The van der Waals surface area contributed by atoms with Gasteiger partial charge in [-0.25, -0.2) is 0 Å². The maximum Gasteiger partial charge on any atom is 0.266 e. The number of aromatic nitrogens is 1. The van der Waals surface area contributed by atoms with Gasteiger partial charge < -0.3 is 14.6 Å². The average Bonchev–Trinajstić information content (AvgIpc) is 3.46. The van der Waals surface area contributed by atoms with Crippen molar-refractivity contribution in [1.82, 2.24) is 4.57 Å². The number of amides is 1. The molecule has 0 saturated heterocycles. The molecular weight excluding hydrogens is 540 g/mol. The third-order valence-corrected chi connectivity index (χ3v) is 8.52. The van der Waals surface area contributed by atoms with Gasteiger partial charge in [-0.3, -0.25) is 4.79 Å². The third kappa shape index (κ3) is 5.67. The van der Waals surface area contributed by atoms with Gasteiger partial charge >= 0.3 is 0 Å². The topological polar surface area (TPSA) is 90.8 Å². The van der Waals surface area contributed by atoms with Crippen molar-refractivity contribution in [1.29, 1.82) is 10.5 Å². The number of carbonyl (C=O) groups excluding carboxylic acids is 1. The summed E-state index contributed by atoms with van der Waals surface area (Å²) in [5.74, 6) is 0.237. The molecule has 1 aliphatic rings. The molecule has 0 spiro atoms. The van der Waals surface area contributed by atoms with E-state index in [0.29, 0.717) is 22.2 Å². The number of anilines is 1. The number of carbonyl (C=O) groups is 1. The van der Waals surface area contributed by atoms with Crippen molar-refractivity contribution in [2.24, 2.45) is 0 Å². The van der Waals surface area contributed by atoms with E-state index < -0.39 is 5.91 Å². The standard InChI is InChI=1S/C32H27ClN4O2S/c1-20-15-23(16-24(17-34)31(38)36-32-29(18-35)28-5-3-4-6-30(28)40-32)21(2)37(20)26-11-13-27(14-12-26)39-19-22-7-9-25(33)10-8-22/h7-16H,3-6,19H2,1-2H3,(H,36,38)/b24-16+. The third-order valence-electron chi connectivity index (χ3n) is 7.06. The second-order valence-corrected chi connectivity index (χ2v) is 11.3. The van der Waals surface area contributed by atoms with Crippen molar-refractivity contribution in [2.45, 2.75) is 46.1 Å². The first-order valence-corrected chi connectivity index (χ1v) is 14.2. The Labute approximate surface area is 242 Å². The molecule has 2 aromatic heterocycles. The Hall–Kier alpha value is -4.30. The summed E-state index contributed by atoms with van der Waals surface area (Å²) in [5, 5.41) is 23.6. The summed E-state index contributed by atoms with van der Waals surface area (Å²) in [6, 6.07) is 21.6. The van der Waals surface area contributed by atoms with Crippen molar-refractivity contribution >= 4 is 39.9 Å². The summed E-state index contributed by atoms with van der Waals surface area (Å²) in [7, 11) is 0. The van der Waals surface area contributed by atoms with Gasteiger partial charge in [0.25, 0.3) is 5.91 Å². The largest absolute Gasteiger partial charge is 0.489 e. The number of rotatable bonds is 7. The number of benzene rings is 2. The van der Waals surface area contributed by atoms with E-state index in [2.05, 4.69) is 16.0 Å². The van der Waals surface area contributed by atoms with Crippen molar-refractivity contribution in [3.8, 4) is 23.6 Å². The molecule has 6 nitrogen and oxygen atoms in total. The second-order valence-electron chi connectivity index (χ2n) is 9.72. The fourth-order valence-corrected chi connectivity index (χ4v) is 6.38. The van der Waals surface area contributed by atoms with Gasteiger partial charge in [0.05, 0.1) is 5.56 Å². The minimum atomic E-state index is -0.510. The zero-order valence-corrected chi connectivity index (χ0v) is 23.8. The number of hydrogen-bond acceptors (Lipinski definition) is 5. The Morgan fingerprint density at radius 2 is 1.82 bits per heavy atom. The van der Waals surface area contributed by atoms with Crippen molar-refractivity contribution in [2.75, 3.05) is 5.32 Å². The van der Waals surface area contributed by atoms with E-state index in [4.69, 9.17) is 16.3 Å². The Bertz CT molecular complexity index is 1680. The lowest BCUT2D eigenvalue weighted by Gasteiger charge is -2.12. The number of ether oxygens (including phenoxy) is 1. The smallest absolute Gasteiger partial charge is 0.266 e. The minimum absolute atomic E-state index is 0.0125. The zero-order valence-electron chi connectivity index (χ0n) is 22.3. The second kappa shape index (κ2) is 11.8. The molecule has 0 fully saturated rings. The van der Waals surface area contributed by atoms with E-state index in [1.807, 2.05) is 74.5 Å². The van der Waals surface area contributed by atoms with Gasteiger partial charge in [-0.1, -0.05) is 23.7 Å². The first-order chi connectivity index (χ1) is 19.4. The van der Waals surface area contributed by atoms with Crippen molar-refractivity contribution < 1.29 is 9.53 Å². The summed E-state index contributed by atoms with van der Waals surface area (Å²) in [6.07, 6.45) is 5.52. The summed E-state index contributed by atoms with van der Waals surface area (Å²) in [4.78, 5) is 14.2. The summed E-state index contributed by atoms with van der Waals surface area (Å²) < 4.78 is 7.98. The Morgan fingerprint density at radius 1 is 1.10 bits per heavy atom. The molecule has 0 atom stereocenters. The number of nitrogens with one attached hydrogen (secondary N) is 1. The molecule has 0 bridgehead atoms. The van der Waals surface area contributed by atoms with E-state index >= 15 is 0 Å². The fraction of sp³-hybridized carbons (Fsp3) is 0.219. The predicted molar refractivity (Wildman–Crippen MR) is 159 cm³/mol. The quantitative estimate of drug-likeness (QED) is 0.183. The molecule has 200 valence electrons. The van der Waals surface area contributed by atoms with Crippen LogP contribution >= 0.6 is 22.9 Å². The molecule has 0 unspecified atom stereocenters. The number of aryl methyl sites for hydroxylation is 2. The number of fused-ring (bicyclic) bond motifs is 1. The van der Waals surface area contributed by atoms with Crippen LogP contribution in [0.1, 0.15) is 51.4 Å². The van der Waals surface area contributed by atoms with E-state index in [-0.39, 0.29) is 5.57 Å². The number of halogens is 1. The van der Waals surface area contributed by atoms with Crippen LogP contribution in [-0.2, 0) is 24.2 Å². The van der Waals surface area contributed by atoms with Crippen LogP contribution in [0.5, 0.6) is 5.75 Å². The van der Waals surface area contributed by atoms with Gasteiger partial charge in [-0.15, -0.1) is 11.3 Å². The predicted octanol–water partition coefficient (Wildman–Crippen LogP) is 7.68. The van der Waals surface area contributed by atoms with Crippen molar-refractivity contribution in [3.05, 3.63) is 104 Å². The molecule has 0 radical (unpaired) electrons. The van der Waals surface area contributed by atoms with Crippen LogP contribution in [0.2, 0.25) is 5.02 Å². The van der Waals surface area contributed by atoms with Crippen LogP contribution in [-0.4, -0.2) is 10.5 Å². The van der Waals surface area contributed by atoms with Crippen LogP contribution in [0.25, 0.3) is 11.8 Å². The molecule has 1 aliphatic carbocycles. The van der Waals surface area contributed by atoms with Gasteiger partial charge in [-0.2, -0.15) is 10.5 Å². The van der Waals surface area contributed by atoms with Crippen LogP contribution in [0, 0.1) is 36.5 Å². The maximum absolute atomic E-state index is 13.1. The fourth-order valence-electron chi connectivity index (χ4n) is 5.02. The molecule has 0 aliphatic heterocycles. The average molecular weight is 567 g/mol. The molecule has 0 saturated carbocycles. The van der Waals surface area contributed by atoms with Crippen LogP contribution in [0.3, 0.4) is 0 Å². The molecule has 1 amide bonds. The van der Waals surface area contributed by atoms with E-state index in [0.717, 1.165) is 70.1 Å². The van der Waals surface area contributed by atoms with E-state index in [9.17, 15) is 15.3 Å². The first kappa shape index (κ1) is 27.3. The molecule has 2 heterocycles. The number of nitrogens with zero attached hydrogens (tertiary/aromatic N) is 3. The lowest BCUT2D eigenvalue weighted by atomic mass is 9.96. The van der Waals surface area contributed by atoms with Gasteiger partial charge in [0.2, 0.25) is 0 Å². The Kier molecular flexibility index (Phi) is 8.07. The van der Waals surface area contributed by atoms with Crippen molar-refractivity contribution in [3.63, 3.8) is 0 Å². The van der Waals surface area contributed by atoms with E-state index in [1.165, 1.54) is 11.3 Å². The summed E-state index contributed by atoms with van der Waals surface area (Å²) in [5.41, 5.74) is 6.18. The minimum Gasteiger partial charge on any atom is -0.489 e. The van der Waals surface area contributed by atoms with Crippen LogP contribution in [0.4, 0.5) is 5.00 Å². The first-order valence-electron chi connectivity index (χ1n) is 13.0. The lowest BCUT2D eigenvalue weighted by molar-refractivity contribution is -0.112. The van der Waals surface area contributed by atoms with Gasteiger partial charge in [0.1, 0.15) is 35.1 Å². The van der Waals surface area contributed by atoms with Gasteiger partial charge in [0.15, 0.2) is 0 Å². The van der Waals surface area contributed by atoms with Gasteiger partial charge in [0, 0.05) is 27.0 Å². The number of hydrogen-bond donors (Lipinski definition) is 1. The molecular formula is C32H27ClN4O2S. The number of nitriles is 2. The molecule has 8 heteroatoms. The molecule has 2 aromatic carbocycles. The van der Waals surface area contributed by atoms with Gasteiger partial charge in [-0.05, 0) is 105 Å². The summed E-state index contributed by atoms with van der Waals surface area (Å²) >= 11 is 7.40. The van der Waals surface area contributed by atoms with Crippen LogP contribution in [0.15, 0.2) is 60.2 Å². The zero-order chi connectivity index (χ0) is 28.2.